The number of rotatable bonds is 3. The lowest BCUT2D eigenvalue weighted by atomic mass is 10.0. The largest absolute Gasteiger partial charge is 0.274 e. The van der Waals surface area contributed by atoms with Crippen LogP contribution in [0.25, 0.3) is 0 Å². The van der Waals surface area contributed by atoms with Crippen LogP contribution < -0.4 is 5.01 Å². The minimum atomic E-state index is -0.751. The molecular weight excluding hydrogens is 390 g/mol. The number of halogens is 4. The summed E-state index contributed by atoms with van der Waals surface area (Å²) in [5, 5.41) is 4.81. The van der Waals surface area contributed by atoms with Crippen LogP contribution in [-0.2, 0) is 4.79 Å². The van der Waals surface area contributed by atoms with Crippen LogP contribution in [0, 0.1) is 11.6 Å². The van der Waals surface area contributed by atoms with Gasteiger partial charge in [0.1, 0.15) is 11.5 Å². The zero-order valence-electron chi connectivity index (χ0n) is 11.6. The topological polar surface area (TPSA) is 32.7 Å². The highest BCUT2D eigenvalue weighted by Crippen LogP contribution is 2.37. The maximum absolute atomic E-state index is 14.1. The molecule has 0 N–H and O–H groups in total. The lowest BCUT2D eigenvalue weighted by molar-refractivity contribution is -0.106. The van der Waals surface area contributed by atoms with E-state index in [0.29, 0.717) is 0 Å². The van der Waals surface area contributed by atoms with Crippen molar-refractivity contribution in [1.82, 2.24) is 0 Å². The van der Waals surface area contributed by atoms with Gasteiger partial charge in [0.15, 0.2) is 5.82 Å². The van der Waals surface area contributed by atoms with Crippen molar-refractivity contribution in [3.63, 3.8) is 0 Å². The highest BCUT2D eigenvalue weighted by Gasteiger charge is 2.33. The summed E-state index contributed by atoms with van der Waals surface area (Å²) in [5.41, 5.74) is 1.07. The molecule has 118 valence electrons. The number of hydrazone groups is 1. The molecular formula is C16H10BrClF2N2O. The molecule has 1 aliphatic rings. The van der Waals surface area contributed by atoms with Crippen molar-refractivity contribution in [2.45, 2.75) is 12.5 Å². The van der Waals surface area contributed by atoms with E-state index in [-0.39, 0.29) is 23.9 Å². The van der Waals surface area contributed by atoms with Gasteiger partial charge in [-0.15, -0.1) is 0 Å². The van der Waals surface area contributed by atoms with Gasteiger partial charge in [-0.2, -0.15) is 5.10 Å². The highest BCUT2D eigenvalue weighted by molar-refractivity contribution is 9.10. The summed E-state index contributed by atoms with van der Waals surface area (Å²) in [4.78, 5) is 11.4. The summed E-state index contributed by atoms with van der Waals surface area (Å²) >= 11 is 8.87. The molecule has 2 aromatic rings. The molecule has 1 heterocycles. The lowest BCUT2D eigenvalue weighted by Gasteiger charge is -2.24. The van der Waals surface area contributed by atoms with E-state index >= 15 is 0 Å². The molecule has 1 unspecified atom stereocenters. The van der Waals surface area contributed by atoms with Crippen LogP contribution in [0.2, 0.25) is 0 Å². The standard InChI is InChI=1S/C16H10BrClF2N2O/c17-10-3-1-9(2-4-10)15-8-13(16(18)23)21-22(15)14-6-5-11(19)7-12(14)20/h1-7,15H,8H2. The van der Waals surface area contributed by atoms with E-state index in [9.17, 15) is 13.6 Å². The third-order valence-corrected chi connectivity index (χ3v) is 4.30. The Labute approximate surface area is 144 Å². The number of hydrogen-bond donors (Lipinski definition) is 0. The molecule has 1 aliphatic heterocycles. The second-order valence-electron chi connectivity index (χ2n) is 5.03. The van der Waals surface area contributed by atoms with Gasteiger partial charge < -0.3 is 0 Å². The van der Waals surface area contributed by atoms with Gasteiger partial charge in [0.2, 0.25) is 0 Å². The Balaban J connectivity index is 2.04. The van der Waals surface area contributed by atoms with Crippen LogP contribution in [0.1, 0.15) is 18.0 Å². The highest BCUT2D eigenvalue weighted by atomic mass is 79.9. The number of benzene rings is 2. The van der Waals surface area contributed by atoms with E-state index in [1.165, 1.54) is 11.1 Å². The van der Waals surface area contributed by atoms with Crippen LogP contribution in [0.4, 0.5) is 14.5 Å². The first-order valence-electron chi connectivity index (χ1n) is 6.73. The van der Waals surface area contributed by atoms with Crippen molar-refractivity contribution in [2.24, 2.45) is 5.10 Å². The fourth-order valence-electron chi connectivity index (χ4n) is 2.46. The molecule has 2 aromatic carbocycles. The number of carbonyl (C=O) groups is 1. The van der Waals surface area contributed by atoms with E-state index in [0.717, 1.165) is 22.2 Å². The molecule has 0 fully saturated rings. The number of anilines is 1. The molecule has 23 heavy (non-hydrogen) atoms. The quantitative estimate of drug-likeness (QED) is 0.695. The molecule has 0 bridgehead atoms. The Kier molecular flexibility index (Phi) is 4.46. The van der Waals surface area contributed by atoms with Gasteiger partial charge in [-0.05, 0) is 41.4 Å². The van der Waals surface area contributed by atoms with Crippen LogP contribution in [0.3, 0.4) is 0 Å². The van der Waals surface area contributed by atoms with Crippen molar-refractivity contribution in [1.29, 1.82) is 0 Å². The van der Waals surface area contributed by atoms with E-state index in [4.69, 9.17) is 11.6 Å². The Morgan fingerprint density at radius 1 is 1.22 bits per heavy atom. The molecule has 0 aromatic heterocycles. The third kappa shape index (κ3) is 3.28. The van der Waals surface area contributed by atoms with Crippen molar-refractivity contribution in [3.8, 4) is 0 Å². The molecule has 1 atom stereocenters. The Morgan fingerprint density at radius 2 is 1.91 bits per heavy atom. The zero-order valence-corrected chi connectivity index (χ0v) is 14.0. The first kappa shape index (κ1) is 16.1. The monoisotopic (exact) mass is 398 g/mol. The van der Waals surface area contributed by atoms with E-state index in [1.807, 2.05) is 24.3 Å². The van der Waals surface area contributed by atoms with Gasteiger partial charge in [0.05, 0.1) is 11.7 Å². The van der Waals surface area contributed by atoms with E-state index in [1.54, 1.807) is 0 Å². The summed E-state index contributed by atoms with van der Waals surface area (Å²) < 4.78 is 28.1. The molecule has 0 aliphatic carbocycles. The summed E-state index contributed by atoms with van der Waals surface area (Å²) in [6, 6.07) is 10.2. The molecule has 0 amide bonds. The average Bonchev–Trinajstić information content (AvgIpc) is 2.93. The normalized spacial score (nSPS) is 17.3. The van der Waals surface area contributed by atoms with Gasteiger partial charge in [0.25, 0.3) is 5.24 Å². The maximum Gasteiger partial charge on any atom is 0.268 e. The summed E-state index contributed by atoms with van der Waals surface area (Å²) in [6.45, 7) is 0. The average molecular weight is 400 g/mol. The predicted octanol–water partition coefficient (Wildman–Crippen LogP) is 4.80. The molecule has 0 saturated carbocycles. The number of nitrogens with zero attached hydrogens (tertiary/aromatic N) is 2. The van der Waals surface area contributed by atoms with Crippen LogP contribution >= 0.6 is 27.5 Å². The van der Waals surface area contributed by atoms with Gasteiger partial charge in [-0.1, -0.05) is 28.1 Å². The SMILES string of the molecule is O=C(Cl)C1=NN(c2ccc(F)cc2F)C(c2ccc(Br)cc2)C1. The molecule has 3 rings (SSSR count). The number of carbonyl (C=O) groups excluding carboxylic acids is 1. The Bertz CT molecular complexity index is 795. The van der Waals surface area contributed by atoms with Crippen molar-refractivity contribution in [2.75, 3.05) is 5.01 Å². The lowest BCUT2D eigenvalue weighted by Crippen LogP contribution is -2.19. The summed E-state index contributed by atoms with van der Waals surface area (Å²) in [7, 11) is 0. The molecule has 0 spiro atoms. The number of hydrogen-bond acceptors (Lipinski definition) is 3. The van der Waals surface area contributed by atoms with Gasteiger partial charge in [-0.3, -0.25) is 9.80 Å². The minimum Gasteiger partial charge on any atom is -0.274 e. The molecule has 7 heteroatoms. The van der Waals surface area contributed by atoms with Gasteiger partial charge in [-0.25, -0.2) is 8.78 Å². The molecule has 0 radical (unpaired) electrons. The van der Waals surface area contributed by atoms with Crippen molar-refractivity contribution < 1.29 is 13.6 Å². The third-order valence-electron chi connectivity index (χ3n) is 3.55. The maximum atomic E-state index is 14.1. The predicted molar refractivity (Wildman–Crippen MR) is 88.6 cm³/mol. The Morgan fingerprint density at radius 3 is 2.52 bits per heavy atom. The van der Waals surface area contributed by atoms with Crippen LogP contribution in [-0.4, -0.2) is 11.0 Å². The minimum absolute atomic E-state index is 0.0900. The van der Waals surface area contributed by atoms with E-state index < -0.39 is 16.9 Å². The molecule has 0 saturated heterocycles. The van der Waals surface area contributed by atoms with Crippen LogP contribution in [0.5, 0.6) is 0 Å². The van der Waals surface area contributed by atoms with Gasteiger partial charge >= 0.3 is 0 Å². The Hall–Kier alpha value is -1.79. The van der Waals surface area contributed by atoms with Gasteiger partial charge in [0, 0.05) is 17.0 Å². The smallest absolute Gasteiger partial charge is 0.268 e. The second-order valence-corrected chi connectivity index (χ2v) is 6.29. The van der Waals surface area contributed by atoms with Crippen LogP contribution in [0.15, 0.2) is 52.0 Å². The van der Waals surface area contributed by atoms with Crippen molar-refractivity contribution >= 4 is 44.2 Å². The fraction of sp³-hybridized carbons (Fsp3) is 0.125. The zero-order chi connectivity index (χ0) is 16.6. The summed E-state index contributed by atoms with van der Waals surface area (Å²) in [5.74, 6) is -1.43. The first-order chi connectivity index (χ1) is 11.0. The molecule has 3 nitrogen and oxygen atoms in total. The second kappa shape index (κ2) is 6.37. The van der Waals surface area contributed by atoms with E-state index in [2.05, 4.69) is 21.0 Å². The fourth-order valence-corrected chi connectivity index (χ4v) is 2.84. The first-order valence-corrected chi connectivity index (χ1v) is 7.90. The van der Waals surface area contributed by atoms with Crippen molar-refractivity contribution in [3.05, 3.63) is 64.1 Å². The summed E-state index contributed by atoms with van der Waals surface area (Å²) in [6.07, 6.45) is 0.251.